The largest absolute Gasteiger partial charge is 0.378 e. The van der Waals surface area contributed by atoms with Gasteiger partial charge in [-0.05, 0) is 31.4 Å². The second kappa shape index (κ2) is 8.17. The number of thiazole rings is 1. The molecule has 1 aliphatic heterocycles. The molecular weight excluding hydrogens is 310 g/mol. The van der Waals surface area contributed by atoms with E-state index in [9.17, 15) is 4.79 Å². The fourth-order valence-corrected chi connectivity index (χ4v) is 3.44. The molecule has 0 bridgehead atoms. The van der Waals surface area contributed by atoms with Crippen LogP contribution in [0.2, 0.25) is 0 Å². The summed E-state index contributed by atoms with van der Waals surface area (Å²) in [6, 6.07) is 5.80. The maximum absolute atomic E-state index is 11.9. The van der Waals surface area contributed by atoms with Gasteiger partial charge < -0.3 is 10.1 Å². The maximum atomic E-state index is 11.9. The number of hydrogen-bond donors (Lipinski definition) is 1. The van der Waals surface area contributed by atoms with Crippen molar-refractivity contribution < 1.29 is 9.53 Å². The van der Waals surface area contributed by atoms with Crippen molar-refractivity contribution in [2.75, 3.05) is 13.2 Å². The maximum Gasteiger partial charge on any atom is 0.222 e. The van der Waals surface area contributed by atoms with Gasteiger partial charge in [0, 0.05) is 31.1 Å². The topological polar surface area (TPSA) is 64.1 Å². The molecule has 0 radical (unpaired) electrons. The monoisotopic (exact) mass is 331 g/mol. The highest BCUT2D eigenvalue weighted by Gasteiger charge is 2.17. The van der Waals surface area contributed by atoms with Gasteiger partial charge in [0.05, 0.1) is 23.9 Å². The smallest absolute Gasteiger partial charge is 0.222 e. The SMILES string of the molecule is O=C(CC1CCCCO1)NCCc1csc(-c2ccccn2)n1. The highest BCUT2D eigenvalue weighted by Crippen LogP contribution is 2.21. The summed E-state index contributed by atoms with van der Waals surface area (Å²) in [5, 5.41) is 5.90. The first kappa shape index (κ1) is 16.1. The van der Waals surface area contributed by atoms with Crippen LogP contribution in [0.1, 0.15) is 31.4 Å². The molecule has 2 aromatic heterocycles. The van der Waals surface area contributed by atoms with Crippen LogP contribution in [0, 0.1) is 0 Å². The van der Waals surface area contributed by atoms with Gasteiger partial charge in [0.1, 0.15) is 5.01 Å². The van der Waals surface area contributed by atoms with Gasteiger partial charge in [0.15, 0.2) is 0 Å². The molecule has 1 unspecified atom stereocenters. The summed E-state index contributed by atoms with van der Waals surface area (Å²) in [7, 11) is 0. The Bertz CT molecular complexity index is 624. The van der Waals surface area contributed by atoms with E-state index in [0.29, 0.717) is 13.0 Å². The lowest BCUT2D eigenvalue weighted by Gasteiger charge is -2.21. The van der Waals surface area contributed by atoms with Crippen LogP contribution in [0.25, 0.3) is 10.7 Å². The quantitative estimate of drug-likeness (QED) is 0.884. The van der Waals surface area contributed by atoms with Gasteiger partial charge in [-0.15, -0.1) is 11.3 Å². The summed E-state index contributed by atoms with van der Waals surface area (Å²) in [6.07, 6.45) is 6.33. The number of pyridine rings is 1. The molecule has 3 rings (SSSR count). The summed E-state index contributed by atoms with van der Waals surface area (Å²) < 4.78 is 5.59. The molecule has 1 saturated heterocycles. The standard InChI is InChI=1S/C17H21N3O2S/c21-16(11-14-5-2-4-10-22-14)19-9-7-13-12-23-17(20-13)15-6-1-3-8-18-15/h1,3,6,8,12,14H,2,4-5,7,9-11H2,(H,19,21). The Kier molecular flexibility index (Phi) is 5.71. The van der Waals surface area contributed by atoms with Crippen LogP contribution in [0.15, 0.2) is 29.8 Å². The van der Waals surface area contributed by atoms with Crippen LogP contribution >= 0.6 is 11.3 Å². The van der Waals surface area contributed by atoms with Crippen molar-refractivity contribution in [2.24, 2.45) is 0 Å². The number of carbonyl (C=O) groups excluding carboxylic acids is 1. The lowest BCUT2D eigenvalue weighted by atomic mass is 10.1. The Morgan fingerprint density at radius 2 is 2.35 bits per heavy atom. The van der Waals surface area contributed by atoms with Crippen molar-refractivity contribution in [3.8, 4) is 10.7 Å². The lowest BCUT2D eigenvalue weighted by molar-refractivity contribution is -0.124. The molecular formula is C17H21N3O2S. The number of amides is 1. The first-order valence-corrected chi connectivity index (χ1v) is 8.93. The molecule has 23 heavy (non-hydrogen) atoms. The minimum absolute atomic E-state index is 0.0667. The summed E-state index contributed by atoms with van der Waals surface area (Å²) in [4.78, 5) is 20.8. The van der Waals surface area contributed by atoms with Gasteiger partial charge in [-0.2, -0.15) is 0 Å². The predicted octanol–water partition coefficient (Wildman–Crippen LogP) is 2.82. The van der Waals surface area contributed by atoms with Gasteiger partial charge in [0.25, 0.3) is 0 Å². The molecule has 1 aliphatic rings. The Hall–Kier alpha value is -1.79. The average Bonchev–Trinajstić information content (AvgIpc) is 3.05. The third kappa shape index (κ3) is 4.84. The molecule has 2 aromatic rings. The van der Waals surface area contributed by atoms with Gasteiger partial charge in [-0.1, -0.05) is 6.07 Å². The molecule has 6 heteroatoms. The molecule has 1 atom stereocenters. The number of nitrogens with one attached hydrogen (secondary N) is 1. The molecule has 5 nitrogen and oxygen atoms in total. The molecule has 1 fully saturated rings. The molecule has 122 valence electrons. The second-order valence-electron chi connectivity index (χ2n) is 5.65. The third-order valence-corrected chi connectivity index (χ3v) is 4.74. The molecule has 0 saturated carbocycles. The predicted molar refractivity (Wildman–Crippen MR) is 90.3 cm³/mol. The van der Waals surface area contributed by atoms with E-state index in [1.54, 1.807) is 17.5 Å². The summed E-state index contributed by atoms with van der Waals surface area (Å²) in [6.45, 7) is 1.39. The second-order valence-corrected chi connectivity index (χ2v) is 6.51. The van der Waals surface area contributed by atoms with E-state index in [-0.39, 0.29) is 12.0 Å². The van der Waals surface area contributed by atoms with Crippen molar-refractivity contribution >= 4 is 17.2 Å². The van der Waals surface area contributed by atoms with E-state index in [4.69, 9.17) is 4.74 Å². The first-order chi connectivity index (χ1) is 11.3. The lowest BCUT2D eigenvalue weighted by Crippen LogP contribution is -2.31. The minimum atomic E-state index is 0.0667. The van der Waals surface area contributed by atoms with Crippen molar-refractivity contribution in [3.05, 3.63) is 35.5 Å². The fraction of sp³-hybridized carbons (Fsp3) is 0.471. The van der Waals surface area contributed by atoms with E-state index in [2.05, 4.69) is 15.3 Å². The van der Waals surface area contributed by atoms with E-state index >= 15 is 0 Å². The van der Waals surface area contributed by atoms with E-state index in [1.165, 1.54) is 0 Å². The van der Waals surface area contributed by atoms with Crippen LogP contribution in [-0.2, 0) is 16.0 Å². The molecule has 1 amide bonds. The summed E-state index contributed by atoms with van der Waals surface area (Å²) in [5.74, 6) is 0.0667. The number of ether oxygens (including phenoxy) is 1. The Morgan fingerprint density at radius 3 is 3.13 bits per heavy atom. The Labute approximate surface area is 140 Å². The number of hydrogen-bond acceptors (Lipinski definition) is 5. The van der Waals surface area contributed by atoms with E-state index < -0.39 is 0 Å². The van der Waals surface area contributed by atoms with Crippen LogP contribution in [0.4, 0.5) is 0 Å². The highest BCUT2D eigenvalue weighted by atomic mass is 32.1. The fourth-order valence-electron chi connectivity index (χ4n) is 2.61. The van der Waals surface area contributed by atoms with Gasteiger partial charge >= 0.3 is 0 Å². The van der Waals surface area contributed by atoms with Gasteiger partial charge in [0.2, 0.25) is 5.91 Å². The highest BCUT2D eigenvalue weighted by molar-refractivity contribution is 7.13. The molecule has 0 aromatic carbocycles. The Balaban J connectivity index is 1.42. The zero-order valence-electron chi connectivity index (χ0n) is 13.0. The number of aromatic nitrogens is 2. The van der Waals surface area contributed by atoms with Crippen LogP contribution in [0.3, 0.4) is 0 Å². The Morgan fingerprint density at radius 1 is 1.39 bits per heavy atom. The van der Waals surface area contributed by atoms with Crippen molar-refractivity contribution in [1.29, 1.82) is 0 Å². The van der Waals surface area contributed by atoms with E-state index in [1.807, 2.05) is 23.6 Å². The molecule has 0 spiro atoms. The summed E-state index contributed by atoms with van der Waals surface area (Å²) >= 11 is 1.58. The number of nitrogens with zero attached hydrogens (tertiary/aromatic N) is 2. The zero-order valence-corrected chi connectivity index (χ0v) is 13.8. The normalized spacial score (nSPS) is 17.8. The van der Waals surface area contributed by atoms with Gasteiger partial charge in [-0.25, -0.2) is 4.98 Å². The first-order valence-electron chi connectivity index (χ1n) is 8.05. The third-order valence-electron chi connectivity index (χ3n) is 3.83. The average molecular weight is 331 g/mol. The zero-order chi connectivity index (χ0) is 15.9. The van der Waals surface area contributed by atoms with Crippen LogP contribution < -0.4 is 5.32 Å². The van der Waals surface area contributed by atoms with Gasteiger partial charge in [-0.3, -0.25) is 9.78 Å². The van der Waals surface area contributed by atoms with Crippen molar-refractivity contribution in [2.45, 2.75) is 38.2 Å². The van der Waals surface area contributed by atoms with Crippen molar-refractivity contribution in [3.63, 3.8) is 0 Å². The summed E-state index contributed by atoms with van der Waals surface area (Å²) in [5.41, 5.74) is 1.88. The molecule has 0 aliphatic carbocycles. The number of carbonyl (C=O) groups is 1. The van der Waals surface area contributed by atoms with Crippen molar-refractivity contribution in [1.82, 2.24) is 15.3 Å². The minimum Gasteiger partial charge on any atom is -0.378 e. The molecule has 3 heterocycles. The van der Waals surface area contributed by atoms with Crippen LogP contribution in [-0.4, -0.2) is 35.1 Å². The van der Waals surface area contributed by atoms with Crippen LogP contribution in [0.5, 0.6) is 0 Å². The van der Waals surface area contributed by atoms with E-state index in [0.717, 1.165) is 48.7 Å². The molecule has 1 N–H and O–H groups in total. The number of rotatable bonds is 6.